The maximum Gasteiger partial charge on any atom is 0.165 e. The molecular formula is C59H34N4S2. The maximum absolute atomic E-state index is 5.44. The molecule has 12 aromatic rings. The average molecular weight is 863 g/mol. The number of benzene rings is 9. The molecule has 6 heteroatoms. The molecule has 0 amide bonds. The number of aromatic nitrogens is 4. The van der Waals surface area contributed by atoms with Gasteiger partial charge in [-0.15, -0.1) is 11.3 Å². The highest BCUT2D eigenvalue weighted by molar-refractivity contribution is 7.99. The van der Waals surface area contributed by atoms with Crippen LogP contribution in [0.3, 0.4) is 0 Å². The van der Waals surface area contributed by atoms with Crippen LogP contribution in [-0.4, -0.2) is 19.9 Å². The van der Waals surface area contributed by atoms with Crippen LogP contribution in [0.15, 0.2) is 216 Å². The second-order valence-corrected chi connectivity index (χ2v) is 18.9. The van der Waals surface area contributed by atoms with Gasteiger partial charge in [-0.1, -0.05) is 194 Å². The zero-order valence-electron chi connectivity index (χ0n) is 34.7. The van der Waals surface area contributed by atoms with Gasteiger partial charge in [-0.25, -0.2) is 19.9 Å². The van der Waals surface area contributed by atoms with E-state index in [2.05, 4.69) is 188 Å². The fourth-order valence-corrected chi connectivity index (χ4v) is 13.2. The van der Waals surface area contributed by atoms with Crippen LogP contribution in [0.5, 0.6) is 0 Å². The summed E-state index contributed by atoms with van der Waals surface area (Å²) in [6.45, 7) is 0. The molecule has 0 N–H and O–H groups in total. The zero-order chi connectivity index (χ0) is 42.6. The third-order valence-electron chi connectivity index (χ3n) is 13.4. The molecule has 0 atom stereocenters. The maximum atomic E-state index is 5.44. The van der Waals surface area contributed by atoms with E-state index in [9.17, 15) is 0 Å². The lowest BCUT2D eigenvalue weighted by Gasteiger charge is -2.40. The van der Waals surface area contributed by atoms with E-state index < -0.39 is 5.41 Å². The van der Waals surface area contributed by atoms with E-state index in [-0.39, 0.29) is 0 Å². The lowest BCUT2D eigenvalue weighted by molar-refractivity contribution is 0.726. The van der Waals surface area contributed by atoms with Gasteiger partial charge >= 0.3 is 0 Å². The Morgan fingerprint density at radius 1 is 0.354 bits per heavy atom. The summed E-state index contributed by atoms with van der Waals surface area (Å²) in [4.78, 5) is 23.4. The Hall–Kier alpha value is -7.77. The molecule has 3 aromatic heterocycles. The molecule has 0 saturated heterocycles. The lowest BCUT2D eigenvalue weighted by atomic mass is 9.67. The highest BCUT2D eigenvalue weighted by Crippen LogP contribution is 2.63. The van der Waals surface area contributed by atoms with E-state index in [4.69, 9.17) is 19.9 Å². The van der Waals surface area contributed by atoms with Gasteiger partial charge in [0.1, 0.15) is 0 Å². The summed E-state index contributed by atoms with van der Waals surface area (Å²) < 4.78 is 2.42. The van der Waals surface area contributed by atoms with Crippen molar-refractivity contribution < 1.29 is 0 Å². The SMILES string of the molecule is c1ccc(-c2nc(-c3ccc(-c4nc5ccccc5c5c6c(ccc45)C4(c5ccccc5S6)c5ccccc5-c5ccccc54)cc3)nc(-c3cccc4c3sc3ccccc34)n2)cc1. The molecule has 1 spiro atoms. The first-order valence-corrected chi connectivity index (χ1v) is 23.5. The molecule has 14 rings (SSSR count). The predicted molar refractivity (Wildman–Crippen MR) is 269 cm³/mol. The minimum Gasteiger partial charge on any atom is -0.247 e. The zero-order valence-corrected chi connectivity index (χ0v) is 36.4. The molecule has 4 heterocycles. The van der Waals surface area contributed by atoms with Crippen LogP contribution in [0.2, 0.25) is 0 Å². The standard InChI is InChI=1S/C59H34N4S2/c1-2-15-36(16-3-1)56-61-57(63-58(62-56)44-22-14-21-41-40-19-7-12-27-50(40)64-54(41)44)37-31-29-35(30-32-37)53-43-33-34-48-55(52(43)42-20-6-11-26-49(42)60-53)65-51-28-13-10-25-47(51)59(48)45-23-8-4-17-38(45)39-18-5-9-24-46(39)59/h1-34H. The largest absolute Gasteiger partial charge is 0.247 e. The Bertz CT molecular complexity index is 3890. The van der Waals surface area contributed by atoms with Crippen molar-refractivity contribution in [3.05, 3.63) is 229 Å². The minimum absolute atomic E-state index is 0.463. The lowest BCUT2D eigenvalue weighted by Crippen LogP contribution is -2.32. The molecule has 0 fully saturated rings. The summed E-state index contributed by atoms with van der Waals surface area (Å²) in [6, 6.07) is 74.2. The molecule has 4 nitrogen and oxygen atoms in total. The summed E-state index contributed by atoms with van der Waals surface area (Å²) in [5.41, 5.74) is 13.3. The van der Waals surface area contributed by atoms with Crippen molar-refractivity contribution in [3.63, 3.8) is 0 Å². The molecular weight excluding hydrogens is 829 g/mol. The van der Waals surface area contributed by atoms with Gasteiger partial charge < -0.3 is 0 Å². The number of hydrogen-bond donors (Lipinski definition) is 0. The summed E-state index contributed by atoms with van der Waals surface area (Å²) in [6.07, 6.45) is 0. The van der Waals surface area contributed by atoms with Crippen LogP contribution < -0.4 is 0 Å². The van der Waals surface area contributed by atoms with Crippen molar-refractivity contribution in [2.24, 2.45) is 0 Å². The van der Waals surface area contributed by atoms with Crippen molar-refractivity contribution in [2.75, 3.05) is 0 Å². The van der Waals surface area contributed by atoms with Crippen LogP contribution >= 0.6 is 23.1 Å². The van der Waals surface area contributed by atoms with Crippen molar-refractivity contribution in [3.8, 4) is 56.5 Å². The molecule has 0 radical (unpaired) electrons. The number of thiophene rings is 1. The fourth-order valence-electron chi connectivity index (χ4n) is 10.6. The van der Waals surface area contributed by atoms with Gasteiger partial charge in [-0.05, 0) is 57.6 Å². The second-order valence-electron chi connectivity index (χ2n) is 16.8. The summed E-state index contributed by atoms with van der Waals surface area (Å²) >= 11 is 3.67. The van der Waals surface area contributed by atoms with Gasteiger partial charge in [0.15, 0.2) is 17.5 Å². The third kappa shape index (κ3) is 5.32. The first-order valence-electron chi connectivity index (χ1n) is 21.9. The molecule has 302 valence electrons. The van der Waals surface area contributed by atoms with Crippen LogP contribution in [0.1, 0.15) is 22.3 Å². The Kier molecular flexibility index (Phi) is 7.97. The minimum atomic E-state index is -0.463. The van der Waals surface area contributed by atoms with Gasteiger partial charge in [0, 0.05) is 68.4 Å². The highest BCUT2D eigenvalue weighted by Gasteiger charge is 2.50. The first-order chi connectivity index (χ1) is 32.2. The third-order valence-corrected chi connectivity index (χ3v) is 15.8. The van der Waals surface area contributed by atoms with Crippen LogP contribution in [0.4, 0.5) is 0 Å². The Balaban J connectivity index is 0.955. The van der Waals surface area contributed by atoms with E-state index in [1.165, 1.54) is 68.7 Å². The summed E-state index contributed by atoms with van der Waals surface area (Å²) in [7, 11) is 0. The molecule has 0 saturated carbocycles. The molecule has 1 aliphatic heterocycles. The number of rotatable bonds is 4. The molecule has 9 aromatic carbocycles. The van der Waals surface area contributed by atoms with Gasteiger partial charge in [-0.3, -0.25) is 0 Å². The first kappa shape index (κ1) is 36.7. The molecule has 1 aliphatic carbocycles. The van der Waals surface area contributed by atoms with Gasteiger partial charge in [-0.2, -0.15) is 0 Å². The van der Waals surface area contributed by atoms with E-state index in [1.54, 1.807) is 11.3 Å². The monoisotopic (exact) mass is 862 g/mol. The Morgan fingerprint density at radius 2 is 0.938 bits per heavy atom. The van der Waals surface area contributed by atoms with Crippen molar-refractivity contribution >= 4 is 64.9 Å². The highest BCUT2D eigenvalue weighted by atomic mass is 32.2. The van der Waals surface area contributed by atoms with Gasteiger partial charge in [0.2, 0.25) is 0 Å². The summed E-state index contributed by atoms with van der Waals surface area (Å²) in [5, 5.41) is 5.97. The number of para-hydroxylation sites is 1. The normalized spacial score (nSPS) is 13.3. The Labute approximate surface area is 383 Å². The second kappa shape index (κ2) is 14.1. The van der Waals surface area contributed by atoms with Crippen LogP contribution in [-0.2, 0) is 5.41 Å². The fraction of sp³-hybridized carbons (Fsp3) is 0.0169. The Morgan fingerprint density at radius 3 is 1.72 bits per heavy atom. The van der Waals surface area contributed by atoms with Crippen molar-refractivity contribution in [2.45, 2.75) is 15.2 Å². The smallest absolute Gasteiger partial charge is 0.165 e. The van der Waals surface area contributed by atoms with Crippen LogP contribution in [0, 0.1) is 0 Å². The van der Waals surface area contributed by atoms with Gasteiger partial charge in [0.05, 0.1) is 16.6 Å². The van der Waals surface area contributed by atoms with Crippen molar-refractivity contribution in [1.29, 1.82) is 0 Å². The number of nitrogens with zero attached hydrogens (tertiary/aromatic N) is 4. The van der Waals surface area contributed by atoms with Gasteiger partial charge in [0.25, 0.3) is 0 Å². The summed E-state index contributed by atoms with van der Waals surface area (Å²) in [5.74, 6) is 1.93. The predicted octanol–water partition coefficient (Wildman–Crippen LogP) is 15.4. The molecule has 0 unspecified atom stereocenters. The average Bonchev–Trinajstić information content (AvgIpc) is 3.90. The number of pyridine rings is 1. The van der Waals surface area contributed by atoms with E-state index in [0.29, 0.717) is 17.5 Å². The van der Waals surface area contributed by atoms with Crippen molar-refractivity contribution in [1.82, 2.24) is 19.9 Å². The van der Waals surface area contributed by atoms with E-state index >= 15 is 0 Å². The van der Waals surface area contributed by atoms with E-state index in [1.807, 2.05) is 30.0 Å². The number of hydrogen-bond acceptors (Lipinski definition) is 6. The molecule has 0 bridgehead atoms. The molecule has 2 aliphatic rings. The van der Waals surface area contributed by atoms with E-state index in [0.717, 1.165) is 44.2 Å². The topological polar surface area (TPSA) is 51.6 Å². The molecule has 65 heavy (non-hydrogen) atoms. The quantitative estimate of drug-likeness (QED) is 0.165. The van der Waals surface area contributed by atoms with Crippen LogP contribution in [0.25, 0.3) is 98.4 Å². The number of fused-ring (bicyclic) bond motifs is 16.